The summed E-state index contributed by atoms with van der Waals surface area (Å²) >= 11 is 0. The van der Waals surface area contributed by atoms with Gasteiger partial charge in [0.05, 0.1) is 12.8 Å². The molecule has 0 fully saturated rings. The predicted molar refractivity (Wildman–Crippen MR) is 41.3 cm³/mol. The highest BCUT2D eigenvalue weighted by Gasteiger charge is 1.91. The Kier molecular flexibility index (Phi) is 3.38. The van der Waals surface area contributed by atoms with E-state index in [4.69, 9.17) is 4.74 Å². The van der Waals surface area contributed by atoms with Crippen molar-refractivity contribution in [1.82, 2.24) is 10.2 Å². The van der Waals surface area contributed by atoms with Crippen molar-refractivity contribution in [1.29, 1.82) is 0 Å². The van der Waals surface area contributed by atoms with E-state index in [1.807, 2.05) is 0 Å². The zero-order valence-electron chi connectivity index (χ0n) is 6.58. The minimum atomic E-state index is 0.674. The average Bonchev–Trinajstić information content (AvgIpc) is 2.07. The molecule has 3 nitrogen and oxygen atoms in total. The minimum Gasteiger partial charge on any atom is -0.491 e. The summed E-state index contributed by atoms with van der Waals surface area (Å²) in [5.41, 5.74) is 0. The zero-order chi connectivity index (χ0) is 7.94. The van der Waals surface area contributed by atoms with Crippen LogP contribution in [0.3, 0.4) is 0 Å². The summed E-state index contributed by atoms with van der Waals surface area (Å²) < 4.78 is 5.29. The lowest BCUT2D eigenvalue weighted by Crippen LogP contribution is -1.96. The van der Waals surface area contributed by atoms with Crippen LogP contribution in [0.25, 0.3) is 0 Å². The fraction of sp³-hybridized carbons (Fsp3) is 0.500. The van der Waals surface area contributed by atoms with Crippen LogP contribution < -0.4 is 4.74 Å². The number of hydrogen-bond donors (Lipinski definition) is 0. The van der Waals surface area contributed by atoms with Gasteiger partial charge in [-0.05, 0) is 6.42 Å². The first-order chi connectivity index (χ1) is 5.43. The summed E-state index contributed by atoms with van der Waals surface area (Å²) in [6.07, 6.45) is 6.44. The van der Waals surface area contributed by atoms with Crippen LogP contribution in [-0.2, 0) is 0 Å². The van der Waals surface area contributed by atoms with Gasteiger partial charge in [0.15, 0.2) is 11.9 Å². The van der Waals surface area contributed by atoms with Gasteiger partial charge in [0.25, 0.3) is 0 Å². The number of aromatic nitrogens is 2. The van der Waals surface area contributed by atoms with Crippen molar-refractivity contribution in [3.05, 3.63) is 18.5 Å². The summed E-state index contributed by atoms with van der Waals surface area (Å²) in [6.45, 7) is 2.86. The standard InChI is InChI=1S/C8H11N2O/c1-2-3-6-11-8-4-5-9-10-7-8/h4-5H,2-3,6H2,1H3. The van der Waals surface area contributed by atoms with E-state index in [9.17, 15) is 0 Å². The molecule has 0 N–H and O–H groups in total. The van der Waals surface area contributed by atoms with Crippen molar-refractivity contribution in [2.45, 2.75) is 19.8 Å². The smallest absolute Gasteiger partial charge is 0.159 e. The van der Waals surface area contributed by atoms with Gasteiger partial charge >= 0.3 is 0 Å². The van der Waals surface area contributed by atoms with Crippen LogP contribution in [-0.4, -0.2) is 16.8 Å². The Labute approximate surface area is 66.4 Å². The fourth-order valence-corrected chi connectivity index (χ4v) is 0.657. The Morgan fingerprint density at radius 2 is 2.55 bits per heavy atom. The Balaban J connectivity index is 2.28. The molecule has 0 aliphatic heterocycles. The van der Waals surface area contributed by atoms with Crippen LogP contribution in [0.4, 0.5) is 0 Å². The second-order valence-electron chi connectivity index (χ2n) is 2.21. The molecule has 1 aromatic rings. The highest BCUT2D eigenvalue weighted by Crippen LogP contribution is 2.04. The van der Waals surface area contributed by atoms with Gasteiger partial charge in [-0.1, -0.05) is 13.3 Å². The zero-order valence-corrected chi connectivity index (χ0v) is 6.58. The van der Waals surface area contributed by atoms with Crippen LogP contribution in [0.5, 0.6) is 5.75 Å². The molecule has 0 aliphatic carbocycles. The summed E-state index contributed by atoms with van der Waals surface area (Å²) in [5, 5.41) is 7.15. The molecule has 0 unspecified atom stereocenters. The van der Waals surface area contributed by atoms with Crippen molar-refractivity contribution >= 4 is 0 Å². The van der Waals surface area contributed by atoms with Crippen LogP contribution >= 0.6 is 0 Å². The highest BCUT2D eigenvalue weighted by atomic mass is 16.5. The summed E-state index contributed by atoms with van der Waals surface area (Å²) in [4.78, 5) is 0. The lowest BCUT2D eigenvalue weighted by atomic mass is 10.4. The minimum absolute atomic E-state index is 0.674. The monoisotopic (exact) mass is 151 g/mol. The number of hydrogen-bond acceptors (Lipinski definition) is 3. The maximum Gasteiger partial charge on any atom is 0.159 e. The molecule has 0 amide bonds. The maximum absolute atomic E-state index is 5.29. The fourth-order valence-electron chi connectivity index (χ4n) is 0.657. The molecule has 0 atom stereocenters. The first kappa shape index (κ1) is 7.98. The molecule has 0 saturated carbocycles. The third-order valence-corrected chi connectivity index (χ3v) is 1.27. The van der Waals surface area contributed by atoms with Gasteiger partial charge in [0.2, 0.25) is 0 Å². The van der Waals surface area contributed by atoms with Crippen LogP contribution in [0.1, 0.15) is 19.8 Å². The van der Waals surface area contributed by atoms with Gasteiger partial charge in [-0.3, -0.25) is 0 Å². The number of nitrogens with zero attached hydrogens (tertiary/aromatic N) is 2. The first-order valence-corrected chi connectivity index (χ1v) is 3.75. The topological polar surface area (TPSA) is 35.0 Å². The van der Waals surface area contributed by atoms with Gasteiger partial charge in [0.1, 0.15) is 0 Å². The van der Waals surface area contributed by atoms with Crippen LogP contribution in [0.2, 0.25) is 0 Å². The van der Waals surface area contributed by atoms with Crippen molar-refractivity contribution in [2.24, 2.45) is 0 Å². The van der Waals surface area contributed by atoms with E-state index in [0.29, 0.717) is 5.75 Å². The highest BCUT2D eigenvalue weighted by molar-refractivity contribution is 5.10. The Morgan fingerprint density at radius 3 is 3.18 bits per heavy atom. The second kappa shape index (κ2) is 4.66. The number of rotatable bonds is 4. The van der Waals surface area contributed by atoms with Gasteiger partial charge < -0.3 is 4.74 Å². The lowest BCUT2D eigenvalue weighted by Gasteiger charge is -2.01. The van der Waals surface area contributed by atoms with Crippen molar-refractivity contribution < 1.29 is 4.74 Å². The Bertz CT molecular complexity index is 189. The summed E-state index contributed by atoms with van der Waals surface area (Å²) in [7, 11) is 0. The molecule has 0 spiro atoms. The quantitative estimate of drug-likeness (QED) is 0.611. The molecule has 1 aromatic heterocycles. The molecule has 0 aliphatic rings. The van der Waals surface area contributed by atoms with Gasteiger partial charge in [-0.25, -0.2) is 0 Å². The summed E-state index contributed by atoms with van der Waals surface area (Å²) in [5.74, 6) is 0.674. The van der Waals surface area contributed by atoms with Gasteiger partial charge in [-0.2, -0.15) is 5.10 Å². The van der Waals surface area contributed by atoms with Crippen molar-refractivity contribution in [3.63, 3.8) is 0 Å². The molecule has 59 valence electrons. The third kappa shape index (κ3) is 2.98. The first-order valence-electron chi connectivity index (χ1n) is 3.75. The molecular formula is C8H11N2O. The maximum atomic E-state index is 5.29. The van der Waals surface area contributed by atoms with Gasteiger partial charge in [-0.15, -0.1) is 5.10 Å². The van der Waals surface area contributed by atoms with E-state index >= 15 is 0 Å². The molecule has 1 heterocycles. The third-order valence-electron chi connectivity index (χ3n) is 1.27. The average molecular weight is 151 g/mol. The SMILES string of the molecule is CCCCOc1[c]nncc1. The summed E-state index contributed by atoms with van der Waals surface area (Å²) in [6, 6.07) is 1.75. The number of unbranched alkanes of at least 4 members (excludes halogenated alkanes) is 1. The van der Waals surface area contributed by atoms with Crippen LogP contribution in [0.15, 0.2) is 12.3 Å². The Hall–Kier alpha value is -1.12. The molecule has 3 heteroatoms. The van der Waals surface area contributed by atoms with E-state index in [2.05, 4.69) is 23.3 Å². The molecular weight excluding hydrogens is 140 g/mol. The van der Waals surface area contributed by atoms with E-state index in [0.717, 1.165) is 19.4 Å². The van der Waals surface area contributed by atoms with E-state index in [1.165, 1.54) is 0 Å². The molecule has 1 rings (SSSR count). The van der Waals surface area contributed by atoms with E-state index < -0.39 is 0 Å². The second-order valence-corrected chi connectivity index (χ2v) is 2.21. The molecule has 1 radical (unpaired) electrons. The van der Waals surface area contributed by atoms with E-state index in [1.54, 1.807) is 12.3 Å². The Morgan fingerprint density at radius 1 is 1.64 bits per heavy atom. The molecule has 11 heavy (non-hydrogen) atoms. The lowest BCUT2D eigenvalue weighted by molar-refractivity contribution is 0.306. The molecule has 0 bridgehead atoms. The predicted octanol–water partition coefficient (Wildman–Crippen LogP) is 1.46. The molecule has 0 saturated heterocycles. The van der Waals surface area contributed by atoms with Crippen LogP contribution in [0, 0.1) is 6.20 Å². The van der Waals surface area contributed by atoms with E-state index in [-0.39, 0.29) is 0 Å². The molecule has 0 aromatic carbocycles. The number of ether oxygens (including phenoxy) is 1. The van der Waals surface area contributed by atoms with Crippen molar-refractivity contribution in [2.75, 3.05) is 6.61 Å². The van der Waals surface area contributed by atoms with Gasteiger partial charge in [0, 0.05) is 6.07 Å². The normalized spacial score (nSPS) is 9.55. The van der Waals surface area contributed by atoms with Crippen molar-refractivity contribution in [3.8, 4) is 5.75 Å². The largest absolute Gasteiger partial charge is 0.491 e.